The molecule has 0 spiro atoms. The Labute approximate surface area is 205 Å². The zero-order chi connectivity index (χ0) is 20.8. The summed E-state index contributed by atoms with van der Waals surface area (Å²) in [6, 6.07) is 0. The smallest absolute Gasteiger partial charge is 0.286 e. The zero-order valence-corrected chi connectivity index (χ0v) is 22.8. The molecule has 0 aliphatic heterocycles. The van der Waals surface area contributed by atoms with Crippen LogP contribution in [0.25, 0.3) is 0 Å². The van der Waals surface area contributed by atoms with Crippen LogP contribution in [0, 0.1) is 0 Å². The minimum atomic E-state index is -3.75. The van der Waals surface area contributed by atoms with Crippen LogP contribution in [0.15, 0.2) is 0 Å². The van der Waals surface area contributed by atoms with Gasteiger partial charge < -0.3 is 0 Å². The normalized spacial score (nSPS) is 11.5. The first-order chi connectivity index (χ1) is 13.6. The first-order valence-electron chi connectivity index (χ1n) is 12.5. The third-order valence-corrected chi connectivity index (χ3v) is 6.56. The van der Waals surface area contributed by atoms with Crippen LogP contribution >= 0.6 is 0 Å². The van der Waals surface area contributed by atoms with E-state index in [0.29, 0.717) is 6.42 Å². The third-order valence-electron chi connectivity index (χ3n) is 5.76. The van der Waals surface area contributed by atoms with Gasteiger partial charge in [0, 0.05) is 0 Å². The standard InChI is InChI=1S/C24H50O3S.Na/c1-2-3-4-5-6-7-8-9-10-11-12-13-14-15-16-17-18-19-20-21-22-23-24-28(25,26)27;/h2-24H2,1H3,(H,25,26,27);/q;+1. The second-order valence-electron chi connectivity index (χ2n) is 8.71. The van der Waals surface area contributed by atoms with Crippen molar-refractivity contribution in [3.05, 3.63) is 0 Å². The van der Waals surface area contributed by atoms with Crippen molar-refractivity contribution in [3.63, 3.8) is 0 Å². The Morgan fingerprint density at radius 2 is 0.655 bits per heavy atom. The molecule has 0 aromatic rings. The van der Waals surface area contributed by atoms with Crippen molar-refractivity contribution in [1.82, 2.24) is 0 Å². The molecule has 0 saturated carbocycles. The van der Waals surface area contributed by atoms with Crippen LogP contribution in [0.4, 0.5) is 0 Å². The van der Waals surface area contributed by atoms with Gasteiger partial charge in [0.1, 0.15) is 0 Å². The molecule has 0 amide bonds. The van der Waals surface area contributed by atoms with Gasteiger partial charge >= 0.3 is 29.6 Å². The van der Waals surface area contributed by atoms with Crippen molar-refractivity contribution in [3.8, 4) is 0 Å². The molecule has 0 atom stereocenters. The summed E-state index contributed by atoms with van der Waals surface area (Å²) in [5.74, 6) is -0.0773. The quantitative estimate of drug-likeness (QED) is 0.130. The van der Waals surface area contributed by atoms with Crippen molar-refractivity contribution in [1.29, 1.82) is 0 Å². The monoisotopic (exact) mass is 441 g/mol. The van der Waals surface area contributed by atoms with Crippen LogP contribution in [0.2, 0.25) is 0 Å². The number of rotatable bonds is 23. The van der Waals surface area contributed by atoms with E-state index in [-0.39, 0.29) is 35.3 Å². The SMILES string of the molecule is CCCCCCCCCCCCCCCCCCCCCCCCS(=O)(=O)O.[Na+]. The van der Waals surface area contributed by atoms with E-state index in [1.165, 1.54) is 122 Å². The summed E-state index contributed by atoms with van der Waals surface area (Å²) in [5.41, 5.74) is 0. The number of hydrogen-bond donors (Lipinski definition) is 1. The van der Waals surface area contributed by atoms with Crippen LogP contribution in [0.3, 0.4) is 0 Å². The predicted octanol–water partition coefficient (Wildman–Crippen LogP) is 5.48. The molecule has 0 aromatic carbocycles. The van der Waals surface area contributed by atoms with E-state index in [4.69, 9.17) is 4.55 Å². The van der Waals surface area contributed by atoms with Crippen LogP contribution in [-0.4, -0.2) is 18.7 Å². The molecule has 170 valence electrons. The molecule has 0 aliphatic rings. The molecule has 0 aliphatic carbocycles. The Bertz CT molecular complexity index is 399. The summed E-state index contributed by atoms with van der Waals surface area (Å²) in [4.78, 5) is 0. The molecule has 0 rings (SSSR count). The average molecular weight is 442 g/mol. The molecule has 1 N–H and O–H groups in total. The first-order valence-corrected chi connectivity index (χ1v) is 14.1. The molecule has 0 aromatic heterocycles. The van der Waals surface area contributed by atoms with Crippen molar-refractivity contribution >= 4 is 10.1 Å². The van der Waals surface area contributed by atoms with Gasteiger partial charge in [-0.1, -0.05) is 142 Å². The van der Waals surface area contributed by atoms with Gasteiger partial charge in [-0.2, -0.15) is 8.42 Å². The summed E-state index contributed by atoms with van der Waals surface area (Å²) in [5, 5.41) is 0. The Hall–Kier alpha value is 0.910. The Kier molecular flexibility index (Phi) is 27.9. The minimum absolute atomic E-state index is 0. The molecule has 3 nitrogen and oxygen atoms in total. The molecule has 0 bridgehead atoms. The van der Waals surface area contributed by atoms with E-state index in [1.807, 2.05) is 0 Å². The van der Waals surface area contributed by atoms with E-state index in [9.17, 15) is 8.42 Å². The maximum Gasteiger partial charge on any atom is 1.00 e. The second-order valence-corrected chi connectivity index (χ2v) is 10.3. The molecular weight excluding hydrogens is 391 g/mol. The largest absolute Gasteiger partial charge is 1.00 e. The fourth-order valence-electron chi connectivity index (χ4n) is 3.89. The predicted molar refractivity (Wildman–Crippen MR) is 124 cm³/mol. The summed E-state index contributed by atoms with van der Waals surface area (Å²) < 4.78 is 29.8. The Balaban J connectivity index is 0. The third kappa shape index (κ3) is 31.2. The van der Waals surface area contributed by atoms with E-state index >= 15 is 0 Å². The van der Waals surface area contributed by atoms with Crippen molar-refractivity contribution < 1.29 is 42.5 Å². The van der Waals surface area contributed by atoms with Gasteiger partial charge in [0.25, 0.3) is 10.1 Å². The van der Waals surface area contributed by atoms with Crippen molar-refractivity contribution in [2.45, 2.75) is 148 Å². The fourth-order valence-corrected chi connectivity index (χ4v) is 4.46. The van der Waals surface area contributed by atoms with Crippen LogP contribution < -0.4 is 29.6 Å². The minimum Gasteiger partial charge on any atom is -0.286 e. The van der Waals surface area contributed by atoms with Crippen molar-refractivity contribution in [2.75, 3.05) is 5.75 Å². The van der Waals surface area contributed by atoms with Gasteiger partial charge in [-0.3, -0.25) is 4.55 Å². The van der Waals surface area contributed by atoms with Gasteiger partial charge in [0.15, 0.2) is 0 Å². The summed E-state index contributed by atoms with van der Waals surface area (Å²) in [6.45, 7) is 2.28. The topological polar surface area (TPSA) is 54.4 Å². The van der Waals surface area contributed by atoms with Crippen LogP contribution in [0.5, 0.6) is 0 Å². The molecule has 0 saturated heterocycles. The fraction of sp³-hybridized carbons (Fsp3) is 1.00. The molecule has 29 heavy (non-hydrogen) atoms. The summed E-state index contributed by atoms with van der Waals surface area (Å²) in [6.07, 6.45) is 29.1. The van der Waals surface area contributed by atoms with Gasteiger partial charge in [-0.15, -0.1) is 0 Å². The Morgan fingerprint density at radius 1 is 0.448 bits per heavy atom. The molecule has 0 unspecified atom stereocenters. The maximum absolute atomic E-state index is 10.6. The van der Waals surface area contributed by atoms with Gasteiger partial charge in [0.05, 0.1) is 5.75 Å². The molecular formula is C24H50NaO3S+. The van der Waals surface area contributed by atoms with Gasteiger partial charge in [0.2, 0.25) is 0 Å². The van der Waals surface area contributed by atoms with Crippen LogP contribution in [-0.2, 0) is 10.1 Å². The molecule has 5 heteroatoms. The second kappa shape index (κ2) is 25.2. The van der Waals surface area contributed by atoms with Gasteiger partial charge in [-0.05, 0) is 6.42 Å². The zero-order valence-electron chi connectivity index (χ0n) is 19.9. The van der Waals surface area contributed by atoms with Crippen molar-refractivity contribution in [2.24, 2.45) is 0 Å². The number of hydrogen-bond acceptors (Lipinski definition) is 2. The van der Waals surface area contributed by atoms with E-state index in [0.717, 1.165) is 12.8 Å². The molecule has 0 fully saturated rings. The van der Waals surface area contributed by atoms with Gasteiger partial charge in [-0.25, -0.2) is 0 Å². The molecule has 0 radical (unpaired) electrons. The van der Waals surface area contributed by atoms with E-state index in [2.05, 4.69) is 6.92 Å². The van der Waals surface area contributed by atoms with E-state index < -0.39 is 10.1 Å². The van der Waals surface area contributed by atoms with Crippen LogP contribution in [0.1, 0.15) is 148 Å². The maximum atomic E-state index is 10.6. The first kappa shape index (κ1) is 32.1. The number of unbranched alkanes of at least 4 members (excludes halogenated alkanes) is 21. The summed E-state index contributed by atoms with van der Waals surface area (Å²) in [7, 11) is -3.75. The van der Waals surface area contributed by atoms with E-state index in [1.54, 1.807) is 0 Å². The average Bonchev–Trinajstić information content (AvgIpc) is 2.65. The molecule has 0 heterocycles. The summed E-state index contributed by atoms with van der Waals surface area (Å²) >= 11 is 0. The Morgan fingerprint density at radius 3 is 0.862 bits per heavy atom.